The van der Waals surface area contributed by atoms with Crippen LogP contribution in [0.5, 0.6) is 0 Å². The second-order valence-corrected chi connectivity index (χ2v) is 7.94. The van der Waals surface area contributed by atoms with Gasteiger partial charge < -0.3 is 26.0 Å². The number of aliphatic hydroxyl groups is 3. The predicted octanol–water partition coefficient (Wildman–Crippen LogP) is 1.73. The number of nitrogens with one attached hydrogen (secondary N) is 2. The summed E-state index contributed by atoms with van der Waals surface area (Å²) >= 11 is 0. The molecular weight excluding hydrogens is 426 g/mol. The van der Waals surface area contributed by atoms with E-state index in [1.807, 2.05) is 0 Å². The molecule has 0 fully saturated rings. The van der Waals surface area contributed by atoms with Gasteiger partial charge in [0.1, 0.15) is 5.54 Å². The zero-order valence-corrected chi connectivity index (χ0v) is 17.8. The molecule has 1 aliphatic rings. The fraction of sp³-hybridized carbons (Fsp3) is 0.208. The van der Waals surface area contributed by atoms with E-state index in [4.69, 9.17) is 0 Å². The van der Waals surface area contributed by atoms with Crippen LogP contribution in [0.25, 0.3) is 10.8 Å². The van der Waals surface area contributed by atoms with E-state index in [2.05, 4.69) is 10.6 Å². The van der Waals surface area contributed by atoms with Crippen molar-refractivity contribution in [3.63, 3.8) is 0 Å². The molecule has 0 aromatic heterocycles. The van der Waals surface area contributed by atoms with Crippen molar-refractivity contribution in [2.45, 2.75) is 12.5 Å². The summed E-state index contributed by atoms with van der Waals surface area (Å²) in [5.41, 5.74) is 0.634. The van der Waals surface area contributed by atoms with Gasteiger partial charge in [-0.1, -0.05) is 12.1 Å². The number of hydrogen-bond acceptors (Lipinski definition) is 7. The summed E-state index contributed by atoms with van der Waals surface area (Å²) in [7, 11) is 0. The number of amides is 3. The maximum Gasteiger partial charge on any atom is 0.265 e. The molecule has 1 aliphatic heterocycles. The quantitative estimate of drug-likeness (QED) is 0.346. The Morgan fingerprint density at radius 1 is 0.879 bits per heavy atom. The molecule has 33 heavy (non-hydrogen) atoms. The summed E-state index contributed by atoms with van der Waals surface area (Å²) in [5.74, 6) is -1.23. The molecule has 170 valence electrons. The smallest absolute Gasteiger partial charge is 0.265 e. The molecule has 0 radical (unpaired) electrons. The van der Waals surface area contributed by atoms with Crippen LogP contribution in [0.2, 0.25) is 0 Å². The molecule has 3 aromatic carbocycles. The van der Waals surface area contributed by atoms with Gasteiger partial charge in [-0.05, 0) is 42.5 Å². The summed E-state index contributed by atoms with van der Waals surface area (Å²) < 4.78 is 0. The third-order valence-corrected chi connectivity index (χ3v) is 5.66. The standard InChI is InChI=1S/C24H23N3O6/c1-14(31)25-15-5-7-16(8-6-15)27-22(32)18-4-2-3-17-20(26-24(11-28,12-29)13-30)10-9-19(21(17)18)23(27)33/h2-10,26,28-30H,11-13H2,1H3,(H,25,31). The average Bonchev–Trinajstić information content (AvgIpc) is 2.82. The van der Waals surface area contributed by atoms with Gasteiger partial charge in [-0.15, -0.1) is 0 Å². The summed E-state index contributed by atoms with van der Waals surface area (Å²) in [6.07, 6.45) is 0. The highest BCUT2D eigenvalue weighted by Crippen LogP contribution is 2.37. The lowest BCUT2D eigenvalue weighted by Crippen LogP contribution is -2.49. The fourth-order valence-electron chi connectivity index (χ4n) is 3.89. The van der Waals surface area contributed by atoms with Crippen molar-refractivity contribution in [1.82, 2.24) is 0 Å². The molecule has 0 bridgehead atoms. The summed E-state index contributed by atoms with van der Waals surface area (Å²) in [5, 5.41) is 35.6. The first-order valence-electron chi connectivity index (χ1n) is 10.3. The highest BCUT2D eigenvalue weighted by molar-refractivity contribution is 6.36. The van der Waals surface area contributed by atoms with E-state index in [1.165, 1.54) is 6.92 Å². The van der Waals surface area contributed by atoms with Gasteiger partial charge in [0.05, 0.1) is 25.5 Å². The van der Waals surface area contributed by atoms with Crippen LogP contribution in [0.4, 0.5) is 17.1 Å². The maximum absolute atomic E-state index is 13.3. The second kappa shape index (κ2) is 8.62. The Kier molecular flexibility index (Phi) is 5.86. The molecule has 3 amide bonds. The van der Waals surface area contributed by atoms with Crippen molar-refractivity contribution in [3.05, 3.63) is 65.7 Å². The highest BCUT2D eigenvalue weighted by Gasteiger charge is 2.35. The van der Waals surface area contributed by atoms with E-state index < -0.39 is 37.2 Å². The SMILES string of the molecule is CC(=O)Nc1ccc(N2C(=O)c3cccc4c(NC(CO)(CO)CO)ccc(c34)C2=O)cc1. The van der Waals surface area contributed by atoms with Crippen LogP contribution >= 0.6 is 0 Å². The normalized spacial score (nSPS) is 13.4. The first-order chi connectivity index (χ1) is 15.8. The molecule has 1 heterocycles. The van der Waals surface area contributed by atoms with Crippen molar-refractivity contribution in [2.75, 3.05) is 35.4 Å². The van der Waals surface area contributed by atoms with Crippen LogP contribution < -0.4 is 15.5 Å². The Labute approximate surface area is 189 Å². The molecule has 4 rings (SSSR count). The lowest BCUT2D eigenvalue weighted by Gasteiger charge is -2.32. The maximum atomic E-state index is 13.3. The van der Waals surface area contributed by atoms with Gasteiger partial charge in [0.2, 0.25) is 5.91 Å². The number of anilines is 3. The number of nitrogens with zero attached hydrogens (tertiary/aromatic N) is 1. The molecule has 0 atom stereocenters. The van der Waals surface area contributed by atoms with Gasteiger partial charge in [0.25, 0.3) is 11.8 Å². The number of imide groups is 1. The lowest BCUT2D eigenvalue weighted by atomic mass is 9.91. The molecular formula is C24H23N3O6. The molecule has 0 unspecified atom stereocenters. The van der Waals surface area contributed by atoms with Gasteiger partial charge >= 0.3 is 0 Å². The van der Waals surface area contributed by atoms with E-state index in [0.29, 0.717) is 39.0 Å². The van der Waals surface area contributed by atoms with Gasteiger partial charge in [0, 0.05) is 40.2 Å². The number of rotatable bonds is 7. The van der Waals surface area contributed by atoms with Crippen molar-refractivity contribution >= 4 is 45.6 Å². The molecule has 3 aromatic rings. The Balaban J connectivity index is 1.78. The number of carbonyl (C=O) groups excluding carboxylic acids is 3. The van der Waals surface area contributed by atoms with Crippen LogP contribution in [0.15, 0.2) is 54.6 Å². The molecule has 0 spiro atoms. The number of hydrogen-bond donors (Lipinski definition) is 5. The van der Waals surface area contributed by atoms with Crippen molar-refractivity contribution < 1.29 is 29.7 Å². The number of carbonyl (C=O) groups is 3. The van der Waals surface area contributed by atoms with Crippen LogP contribution in [0.1, 0.15) is 27.6 Å². The van der Waals surface area contributed by atoms with E-state index in [0.717, 1.165) is 4.90 Å². The van der Waals surface area contributed by atoms with E-state index in [1.54, 1.807) is 54.6 Å². The van der Waals surface area contributed by atoms with Gasteiger partial charge in [-0.2, -0.15) is 0 Å². The van der Waals surface area contributed by atoms with Gasteiger partial charge in [-0.25, -0.2) is 4.90 Å². The molecule has 9 heteroatoms. The van der Waals surface area contributed by atoms with Crippen LogP contribution in [-0.4, -0.2) is 58.4 Å². The third kappa shape index (κ3) is 3.82. The van der Waals surface area contributed by atoms with Crippen LogP contribution in [0.3, 0.4) is 0 Å². The molecule has 9 nitrogen and oxygen atoms in total. The second-order valence-electron chi connectivity index (χ2n) is 7.94. The largest absolute Gasteiger partial charge is 0.394 e. The Bertz CT molecular complexity index is 1220. The Morgan fingerprint density at radius 3 is 2.06 bits per heavy atom. The minimum absolute atomic E-state index is 0.231. The zero-order chi connectivity index (χ0) is 23.8. The van der Waals surface area contributed by atoms with Gasteiger partial charge in [-0.3, -0.25) is 14.4 Å². The van der Waals surface area contributed by atoms with Crippen LogP contribution in [0, 0.1) is 0 Å². The molecule has 5 N–H and O–H groups in total. The summed E-state index contributed by atoms with van der Waals surface area (Å²) in [6, 6.07) is 14.6. The highest BCUT2D eigenvalue weighted by atomic mass is 16.3. The van der Waals surface area contributed by atoms with E-state index >= 15 is 0 Å². The van der Waals surface area contributed by atoms with E-state index in [-0.39, 0.29) is 5.91 Å². The van der Waals surface area contributed by atoms with Gasteiger partial charge in [0.15, 0.2) is 0 Å². The first-order valence-corrected chi connectivity index (χ1v) is 10.3. The van der Waals surface area contributed by atoms with Crippen molar-refractivity contribution in [2.24, 2.45) is 0 Å². The number of aliphatic hydroxyl groups excluding tert-OH is 3. The molecule has 0 saturated heterocycles. The van der Waals surface area contributed by atoms with E-state index in [9.17, 15) is 29.7 Å². The zero-order valence-electron chi connectivity index (χ0n) is 17.8. The Morgan fingerprint density at radius 2 is 1.48 bits per heavy atom. The third-order valence-electron chi connectivity index (χ3n) is 5.66. The predicted molar refractivity (Wildman–Crippen MR) is 123 cm³/mol. The minimum atomic E-state index is -1.37. The Hall–Kier alpha value is -3.79. The minimum Gasteiger partial charge on any atom is -0.394 e. The average molecular weight is 449 g/mol. The van der Waals surface area contributed by atoms with Crippen LogP contribution in [-0.2, 0) is 4.79 Å². The summed E-state index contributed by atoms with van der Waals surface area (Å²) in [4.78, 5) is 39.0. The van der Waals surface area contributed by atoms with Crippen molar-refractivity contribution in [3.8, 4) is 0 Å². The van der Waals surface area contributed by atoms with Crippen molar-refractivity contribution in [1.29, 1.82) is 0 Å². The fourth-order valence-corrected chi connectivity index (χ4v) is 3.89. The number of benzene rings is 3. The monoisotopic (exact) mass is 449 g/mol. The molecule has 0 saturated carbocycles. The lowest BCUT2D eigenvalue weighted by molar-refractivity contribution is -0.114. The topological polar surface area (TPSA) is 139 Å². The molecule has 0 aliphatic carbocycles. The first kappa shape index (κ1) is 22.4. The summed E-state index contributed by atoms with van der Waals surface area (Å²) in [6.45, 7) is -0.187.